The van der Waals surface area contributed by atoms with E-state index in [4.69, 9.17) is 0 Å². The number of aryl methyl sites for hydroxylation is 2. The van der Waals surface area contributed by atoms with Gasteiger partial charge in [0.1, 0.15) is 17.3 Å². The molecule has 26 heavy (non-hydrogen) atoms. The van der Waals surface area contributed by atoms with Crippen LogP contribution in [0.15, 0.2) is 48.5 Å². The minimum absolute atomic E-state index is 0.0160. The van der Waals surface area contributed by atoms with Crippen molar-refractivity contribution >= 4 is 23.2 Å². The summed E-state index contributed by atoms with van der Waals surface area (Å²) in [5.74, 6) is -1.82. The smallest absolute Gasteiger partial charge is 0.274 e. The molecule has 7 heteroatoms. The maximum absolute atomic E-state index is 13.8. The summed E-state index contributed by atoms with van der Waals surface area (Å²) in [4.78, 5) is 20.7. The van der Waals surface area contributed by atoms with Crippen molar-refractivity contribution in [2.24, 2.45) is 0 Å². The fraction of sp³-hybridized carbons (Fsp3) is 0.105. The zero-order valence-electron chi connectivity index (χ0n) is 14.2. The van der Waals surface area contributed by atoms with E-state index in [1.165, 1.54) is 12.1 Å². The quantitative estimate of drug-likeness (QED) is 0.730. The summed E-state index contributed by atoms with van der Waals surface area (Å²) in [5, 5.41) is 5.45. The molecular weight excluding hydrogens is 338 g/mol. The van der Waals surface area contributed by atoms with Gasteiger partial charge >= 0.3 is 0 Å². The zero-order valence-corrected chi connectivity index (χ0v) is 14.2. The summed E-state index contributed by atoms with van der Waals surface area (Å²) < 4.78 is 26.8. The molecule has 0 aliphatic carbocycles. The summed E-state index contributed by atoms with van der Waals surface area (Å²) in [7, 11) is 0. The number of carbonyl (C=O) groups excluding carboxylic acids is 1. The molecule has 0 aliphatic heterocycles. The lowest BCUT2D eigenvalue weighted by molar-refractivity contribution is 0.102. The summed E-state index contributed by atoms with van der Waals surface area (Å²) in [6, 6.07) is 12.0. The van der Waals surface area contributed by atoms with Crippen LogP contribution in [0.2, 0.25) is 0 Å². The molecule has 0 bridgehead atoms. The van der Waals surface area contributed by atoms with E-state index < -0.39 is 17.5 Å². The van der Waals surface area contributed by atoms with Crippen molar-refractivity contribution in [3.05, 3.63) is 77.1 Å². The average Bonchev–Trinajstić information content (AvgIpc) is 2.59. The molecule has 0 radical (unpaired) electrons. The number of carbonyl (C=O) groups is 1. The van der Waals surface area contributed by atoms with Gasteiger partial charge in [0.2, 0.25) is 5.95 Å². The number of amides is 1. The summed E-state index contributed by atoms with van der Waals surface area (Å²) in [5.41, 5.74) is 2.26. The van der Waals surface area contributed by atoms with Gasteiger partial charge in [-0.25, -0.2) is 18.7 Å². The molecule has 0 fully saturated rings. The van der Waals surface area contributed by atoms with Crippen LogP contribution in [0.3, 0.4) is 0 Å². The zero-order chi connectivity index (χ0) is 18.7. The Morgan fingerprint density at radius 2 is 1.73 bits per heavy atom. The number of aromatic nitrogens is 2. The van der Waals surface area contributed by atoms with Crippen molar-refractivity contribution in [2.45, 2.75) is 13.8 Å². The third-order valence-electron chi connectivity index (χ3n) is 3.66. The summed E-state index contributed by atoms with van der Waals surface area (Å²) in [6.45, 7) is 3.57. The molecule has 132 valence electrons. The van der Waals surface area contributed by atoms with E-state index in [0.29, 0.717) is 11.4 Å². The molecule has 1 aromatic heterocycles. The first-order valence-electron chi connectivity index (χ1n) is 7.87. The van der Waals surface area contributed by atoms with Crippen LogP contribution >= 0.6 is 0 Å². The first kappa shape index (κ1) is 17.5. The molecular formula is C19H16F2N4O. The number of para-hydroxylation sites is 1. The number of nitrogens with zero attached hydrogens (tertiary/aromatic N) is 2. The van der Waals surface area contributed by atoms with E-state index >= 15 is 0 Å². The normalized spacial score (nSPS) is 10.5. The number of hydrogen-bond donors (Lipinski definition) is 2. The SMILES string of the molecule is Cc1cc(C(=O)Nc2ccccc2C)nc(Nc2ccc(F)cc2F)n1. The molecule has 0 aliphatic rings. The van der Waals surface area contributed by atoms with Crippen LogP contribution in [0.4, 0.5) is 26.1 Å². The minimum atomic E-state index is -0.777. The fourth-order valence-corrected chi connectivity index (χ4v) is 2.35. The largest absolute Gasteiger partial charge is 0.322 e. The minimum Gasteiger partial charge on any atom is -0.322 e. The molecule has 0 atom stereocenters. The molecule has 2 N–H and O–H groups in total. The average molecular weight is 354 g/mol. The van der Waals surface area contributed by atoms with E-state index in [-0.39, 0.29) is 17.3 Å². The lowest BCUT2D eigenvalue weighted by atomic mass is 10.2. The Morgan fingerprint density at radius 1 is 0.962 bits per heavy atom. The number of nitrogens with one attached hydrogen (secondary N) is 2. The highest BCUT2D eigenvalue weighted by Gasteiger charge is 2.13. The predicted molar refractivity (Wildman–Crippen MR) is 95.5 cm³/mol. The van der Waals surface area contributed by atoms with Gasteiger partial charge in [-0.05, 0) is 43.7 Å². The van der Waals surface area contributed by atoms with Gasteiger partial charge in [0.15, 0.2) is 0 Å². The van der Waals surface area contributed by atoms with E-state index in [1.54, 1.807) is 13.0 Å². The number of halogens is 2. The van der Waals surface area contributed by atoms with Gasteiger partial charge in [-0.2, -0.15) is 0 Å². The number of rotatable bonds is 4. The van der Waals surface area contributed by atoms with Crippen molar-refractivity contribution in [1.82, 2.24) is 9.97 Å². The van der Waals surface area contributed by atoms with Crippen molar-refractivity contribution in [1.29, 1.82) is 0 Å². The van der Waals surface area contributed by atoms with Gasteiger partial charge in [0.25, 0.3) is 5.91 Å². The topological polar surface area (TPSA) is 66.9 Å². The van der Waals surface area contributed by atoms with Crippen molar-refractivity contribution in [3.8, 4) is 0 Å². The second-order valence-corrected chi connectivity index (χ2v) is 5.74. The van der Waals surface area contributed by atoms with Crippen LogP contribution in [0.5, 0.6) is 0 Å². The van der Waals surface area contributed by atoms with Gasteiger partial charge in [-0.3, -0.25) is 4.79 Å². The molecule has 2 aromatic carbocycles. The van der Waals surface area contributed by atoms with Gasteiger partial charge in [0, 0.05) is 17.4 Å². The van der Waals surface area contributed by atoms with E-state index in [1.807, 2.05) is 25.1 Å². The van der Waals surface area contributed by atoms with Crippen LogP contribution in [0.25, 0.3) is 0 Å². The number of anilines is 3. The summed E-state index contributed by atoms with van der Waals surface area (Å²) in [6.07, 6.45) is 0. The predicted octanol–water partition coefficient (Wildman–Crippen LogP) is 4.37. The molecule has 3 rings (SSSR count). The maximum Gasteiger partial charge on any atom is 0.274 e. The van der Waals surface area contributed by atoms with E-state index in [9.17, 15) is 13.6 Å². The summed E-state index contributed by atoms with van der Waals surface area (Å²) >= 11 is 0. The van der Waals surface area contributed by atoms with Gasteiger partial charge in [-0.1, -0.05) is 18.2 Å². The lowest BCUT2D eigenvalue weighted by Crippen LogP contribution is -2.16. The van der Waals surface area contributed by atoms with Crippen LogP contribution in [-0.4, -0.2) is 15.9 Å². The van der Waals surface area contributed by atoms with Crippen molar-refractivity contribution in [2.75, 3.05) is 10.6 Å². The molecule has 0 saturated heterocycles. The highest BCUT2D eigenvalue weighted by Crippen LogP contribution is 2.20. The first-order chi connectivity index (χ1) is 12.4. The number of benzene rings is 2. The Morgan fingerprint density at radius 3 is 2.46 bits per heavy atom. The standard InChI is InChI=1S/C19H16F2N4O/c1-11-5-3-4-6-15(11)23-18(26)17-9-12(2)22-19(25-17)24-16-8-7-13(20)10-14(16)21/h3-10H,1-2H3,(H,23,26)(H,22,24,25). The number of hydrogen-bond acceptors (Lipinski definition) is 4. The Labute approximate surface area is 149 Å². The lowest BCUT2D eigenvalue weighted by Gasteiger charge is -2.10. The maximum atomic E-state index is 13.8. The second-order valence-electron chi connectivity index (χ2n) is 5.74. The van der Waals surface area contributed by atoms with E-state index in [2.05, 4.69) is 20.6 Å². The van der Waals surface area contributed by atoms with E-state index in [0.717, 1.165) is 17.7 Å². The van der Waals surface area contributed by atoms with Crippen LogP contribution in [0.1, 0.15) is 21.7 Å². The molecule has 3 aromatic rings. The fourth-order valence-electron chi connectivity index (χ4n) is 2.35. The molecule has 0 unspecified atom stereocenters. The van der Waals surface area contributed by atoms with Crippen LogP contribution < -0.4 is 10.6 Å². The molecule has 5 nitrogen and oxygen atoms in total. The Kier molecular flexibility index (Phi) is 4.88. The van der Waals surface area contributed by atoms with Gasteiger partial charge in [0.05, 0.1) is 5.69 Å². The van der Waals surface area contributed by atoms with Crippen LogP contribution in [-0.2, 0) is 0 Å². The molecule has 1 heterocycles. The first-order valence-corrected chi connectivity index (χ1v) is 7.87. The Bertz CT molecular complexity index is 976. The molecule has 1 amide bonds. The Hall–Kier alpha value is -3.35. The second kappa shape index (κ2) is 7.26. The van der Waals surface area contributed by atoms with Gasteiger partial charge in [-0.15, -0.1) is 0 Å². The molecule has 0 spiro atoms. The highest BCUT2D eigenvalue weighted by atomic mass is 19.1. The third-order valence-corrected chi connectivity index (χ3v) is 3.66. The third kappa shape index (κ3) is 4.00. The highest BCUT2D eigenvalue weighted by molar-refractivity contribution is 6.03. The Balaban J connectivity index is 1.85. The monoisotopic (exact) mass is 354 g/mol. The van der Waals surface area contributed by atoms with Crippen molar-refractivity contribution in [3.63, 3.8) is 0 Å². The van der Waals surface area contributed by atoms with Crippen molar-refractivity contribution < 1.29 is 13.6 Å². The molecule has 0 saturated carbocycles. The van der Waals surface area contributed by atoms with Crippen LogP contribution in [0, 0.1) is 25.5 Å². The van der Waals surface area contributed by atoms with Gasteiger partial charge < -0.3 is 10.6 Å².